The standard InChI is InChI=1S/C20H23N5OS/c1-12-13(2)27-19-16(12)18(22-17(23-19)14-7-5-9-21-11-14)25-10-6-8-15(25)20(26)24(3)4/h5,7,9,11,15H,6,8,10H2,1-4H3/t15-/m1/s1. The topological polar surface area (TPSA) is 62.2 Å². The molecule has 1 saturated heterocycles. The summed E-state index contributed by atoms with van der Waals surface area (Å²) in [6.45, 7) is 5.06. The highest BCUT2D eigenvalue weighted by molar-refractivity contribution is 7.18. The number of nitrogens with zero attached hydrogens (tertiary/aromatic N) is 5. The summed E-state index contributed by atoms with van der Waals surface area (Å²) in [6, 6.07) is 3.69. The minimum Gasteiger partial charge on any atom is -0.347 e. The van der Waals surface area contributed by atoms with Gasteiger partial charge < -0.3 is 9.80 Å². The molecule has 7 heteroatoms. The Morgan fingerprint density at radius 3 is 2.81 bits per heavy atom. The molecule has 1 aliphatic rings. The van der Waals surface area contributed by atoms with Gasteiger partial charge in [0, 0.05) is 43.5 Å². The van der Waals surface area contributed by atoms with Crippen molar-refractivity contribution in [1.82, 2.24) is 19.9 Å². The number of anilines is 1. The molecular formula is C20H23N5OS. The maximum atomic E-state index is 12.7. The van der Waals surface area contributed by atoms with Gasteiger partial charge in [0.2, 0.25) is 5.91 Å². The van der Waals surface area contributed by atoms with Gasteiger partial charge in [-0.1, -0.05) is 0 Å². The van der Waals surface area contributed by atoms with Crippen LogP contribution in [-0.2, 0) is 4.79 Å². The maximum absolute atomic E-state index is 12.7. The van der Waals surface area contributed by atoms with E-state index in [0.717, 1.165) is 41.0 Å². The Hall–Kier alpha value is -2.54. The van der Waals surface area contributed by atoms with Crippen molar-refractivity contribution in [3.8, 4) is 11.4 Å². The molecule has 4 rings (SSSR count). The number of amides is 1. The van der Waals surface area contributed by atoms with Gasteiger partial charge >= 0.3 is 0 Å². The molecule has 1 amide bonds. The average molecular weight is 382 g/mol. The number of likely N-dealkylation sites (N-methyl/N-ethyl adjacent to an activating group) is 1. The van der Waals surface area contributed by atoms with E-state index in [-0.39, 0.29) is 11.9 Å². The van der Waals surface area contributed by atoms with Crippen LogP contribution in [0.25, 0.3) is 21.6 Å². The Morgan fingerprint density at radius 1 is 1.30 bits per heavy atom. The molecule has 0 aromatic carbocycles. The van der Waals surface area contributed by atoms with E-state index in [2.05, 4.69) is 23.7 Å². The van der Waals surface area contributed by atoms with Gasteiger partial charge in [-0.05, 0) is 44.4 Å². The second kappa shape index (κ2) is 6.88. The minimum atomic E-state index is -0.167. The van der Waals surface area contributed by atoms with Gasteiger partial charge in [-0.15, -0.1) is 11.3 Å². The molecule has 0 unspecified atom stereocenters. The molecule has 0 saturated carbocycles. The van der Waals surface area contributed by atoms with Gasteiger partial charge in [-0.25, -0.2) is 9.97 Å². The summed E-state index contributed by atoms with van der Waals surface area (Å²) in [6.07, 6.45) is 5.37. The fourth-order valence-electron chi connectivity index (χ4n) is 3.64. The number of carbonyl (C=O) groups is 1. The summed E-state index contributed by atoms with van der Waals surface area (Å²) < 4.78 is 0. The Kier molecular flexibility index (Phi) is 4.55. The van der Waals surface area contributed by atoms with Crippen LogP contribution in [0.5, 0.6) is 0 Å². The Bertz CT molecular complexity index is 999. The van der Waals surface area contributed by atoms with Crippen LogP contribution in [0.2, 0.25) is 0 Å². The summed E-state index contributed by atoms with van der Waals surface area (Å²) in [5, 5.41) is 1.07. The van der Waals surface area contributed by atoms with Crippen molar-refractivity contribution in [2.75, 3.05) is 25.5 Å². The van der Waals surface area contributed by atoms with Crippen molar-refractivity contribution >= 4 is 33.3 Å². The molecule has 3 aromatic rings. The number of hydrogen-bond acceptors (Lipinski definition) is 6. The second-order valence-corrected chi connectivity index (χ2v) is 8.36. The first-order valence-corrected chi connectivity index (χ1v) is 9.95. The van der Waals surface area contributed by atoms with Crippen molar-refractivity contribution in [3.63, 3.8) is 0 Å². The summed E-state index contributed by atoms with van der Waals surface area (Å²) in [4.78, 5) is 32.7. The molecule has 1 fully saturated rings. The molecule has 27 heavy (non-hydrogen) atoms. The number of rotatable bonds is 3. The van der Waals surface area contributed by atoms with Crippen molar-refractivity contribution in [1.29, 1.82) is 0 Å². The van der Waals surface area contributed by atoms with E-state index >= 15 is 0 Å². The predicted octanol–water partition coefficient (Wildman–Crippen LogP) is 3.43. The van der Waals surface area contributed by atoms with Crippen LogP contribution in [0.15, 0.2) is 24.5 Å². The molecule has 1 aliphatic heterocycles. The van der Waals surface area contributed by atoms with E-state index in [9.17, 15) is 4.79 Å². The van der Waals surface area contributed by atoms with Gasteiger partial charge in [0.1, 0.15) is 16.7 Å². The molecule has 0 aliphatic carbocycles. The maximum Gasteiger partial charge on any atom is 0.244 e. The first kappa shape index (κ1) is 17.9. The molecule has 0 radical (unpaired) electrons. The number of pyridine rings is 1. The second-order valence-electron chi connectivity index (χ2n) is 7.16. The predicted molar refractivity (Wildman–Crippen MR) is 109 cm³/mol. The van der Waals surface area contributed by atoms with E-state index in [4.69, 9.17) is 9.97 Å². The number of aryl methyl sites for hydroxylation is 2. The Balaban J connectivity index is 1.91. The van der Waals surface area contributed by atoms with Gasteiger partial charge in [-0.2, -0.15) is 0 Å². The van der Waals surface area contributed by atoms with Crippen LogP contribution in [0.3, 0.4) is 0 Å². The Labute approximate surface area is 162 Å². The van der Waals surface area contributed by atoms with Crippen LogP contribution in [0.4, 0.5) is 5.82 Å². The third-order valence-electron chi connectivity index (χ3n) is 5.18. The number of thiophene rings is 1. The number of carbonyl (C=O) groups excluding carboxylic acids is 1. The monoisotopic (exact) mass is 381 g/mol. The number of aromatic nitrogens is 3. The zero-order chi connectivity index (χ0) is 19.1. The summed E-state index contributed by atoms with van der Waals surface area (Å²) in [5.41, 5.74) is 2.09. The van der Waals surface area contributed by atoms with Crippen molar-refractivity contribution < 1.29 is 4.79 Å². The first-order chi connectivity index (χ1) is 13.0. The highest BCUT2D eigenvalue weighted by Crippen LogP contribution is 2.39. The fourth-order valence-corrected chi connectivity index (χ4v) is 4.66. The molecule has 140 valence electrons. The van der Waals surface area contributed by atoms with E-state index in [0.29, 0.717) is 5.82 Å². The van der Waals surface area contributed by atoms with Crippen LogP contribution >= 0.6 is 11.3 Å². The largest absolute Gasteiger partial charge is 0.347 e. The van der Waals surface area contributed by atoms with Crippen molar-refractivity contribution in [2.45, 2.75) is 32.7 Å². The molecule has 0 bridgehead atoms. The quantitative estimate of drug-likeness (QED) is 0.696. The molecule has 4 heterocycles. The SMILES string of the molecule is Cc1sc2nc(-c3cccnc3)nc(N3CCC[C@@H]3C(=O)N(C)C)c2c1C. The highest BCUT2D eigenvalue weighted by atomic mass is 32.1. The minimum absolute atomic E-state index is 0.131. The molecule has 6 nitrogen and oxygen atoms in total. The first-order valence-electron chi connectivity index (χ1n) is 9.13. The normalized spacial score (nSPS) is 16.9. The van der Waals surface area contributed by atoms with E-state index in [1.807, 2.05) is 26.2 Å². The van der Waals surface area contributed by atoms with Crippen molar-refractivity contribution in [3.05, 3.63) is 35.0 Å². The van der Waals surface area contributed by atoms with Crippen LogP contribution in [0, 0.1) is 13.8 Å². The molecule has 1 atom stereocenters. The molecular weight excluding hydrogens is 358 g/mol. The average Bonchev–Trinajstić information content (AvgIpc) is 3.26. The van der Waals surface area contributed by atoms with Gasteiger partial charge in [0.05, 0.1) is 5.39 Å². The van der Waals surface area contributed by atoms with Gasteiger partial charge in [0.15, 0.2) is 5.82 Å². The number of hydrogen-bond donors (Lipinski definition) is 0. The lowest BCUT2D eigenvalue weighted by atomic mass is 10.1. The third-order valence-corrected chi connectivity index (χ3v) is 6.28. The lowest BCUT2D eigenvalue weighted by Crippen LogP contribution is -2.43. The lowest BCUT2D eigenvalue weighted by Gasteiger charge is -2.28. The van der Waals surface area contributed by atoms with Crippen molar-refractivity contribution in [2.24, 2.45) is 0 Å². The van der Waals surface area contributed by atoms with Crippen LogP contribution < -0.4 is 4.90 Å². The molecule has 0 spiro atoms. The molecule has 3 aromatic heterocycles. The highest BCUT2D eigenvalue weighted by Gasteiger charge is 2.34. The zero-order valence-electron chi connectivity index (χ0n) is 16.1. The van der Waals surface area contributed by atoms with Gasteiger partial charge in [0.25, 0.3) is 0 Å². The van der Waals surface area contributed by atoms with E-state index in [1.165, 1.54) is 10.4 Å². The van der Waals surface area contributed by atoms with E-state index < -0.39 is 0 Å². The summed E-state index contributed by atoms with van der Waals surface area (Å²) >= 11 is 1.68. The molecule has 0 N–H and O–H groups in total. The fraction of sp³-hybridized carbons (Fsp3) is 0.400. The van der Waals surface area contributed by atoms with Gasteiger partial charge in [-0.3, -0.25) is 9.78 Å². The summed E-state index contributed by atoms with van der Waals surface area (Å²) in [7, 11) is 3.63. The zero-order valence-corrected chi connectivity index (χ0v) is 16.9. The number of fused-ring (bicyclic) bond motifs is 1. The third kappa shape index (κ3) is 3.06. The Morgan fingerprint density at radius 2 is 2.11 bits per heavy atom. The lowest BCUT2D eigenvalue weighted by molar-refractivity contribution is -0.129. The van der Waals surface area contributed by atoms with Crippen LogP contribution in [-0.4, -0.2) is 52.4 Å². The van der Waals surface area contributed by atoms with Crippen LogP contribution in [0.1, 0.15) is 23.3 Å². The van der Waals surface area contributed by atoms with E-state index in [1.54, 1.807) is 28.6 Å². The summed E-state index contributed by atoms with van der Waals surface area (Å²) in [5.74, 6) is 1.67. The smallest absolute Gasteiger partial charge is 0.244 e.